The molecule has 2 N–H and O–H groups in total. The van der Waals surface area contributed by atoms with Crippen molar-refractivity contribution in [3.63, 3.8) is 0 Å². The Hall–Kier alpha value is -3.18. The van der Waals surface area contributed by atoms with Crippen LogP contribution in [-0.2, 0) is 13.1 Å². The van der Waals surface area contributed by atoms with Crippen LogP contribution in [-0.4, -0.2) is 29.9 Å². The fourth-order valence-corrected chi connectivity index (χ4v) is 3.02. The third-order valence-corrected chi connectivity index (χ3v) is 4.43. The standard InChI is InChI=1S/C22H23N3O2/c1-25(15-18-8-3-4-11-20(18)27-2)22(26)21-19(10-6-12-24-21)17-9-5-7-16(13-17)14-23/h3-13H,14-15,23H2,1-2H3. The summed E-state index contributed by atoms with van der Waals surface area (Å²) in [6.07, 6.45) is 1.64. The van der Waals surface area contributed by atoms with Crippen molar-refractivity contribution in [1.29, 1.82) is 0 Å². The second-order valence-corrected chi connectivity index (χ2v) is 6.28. The molecule has 1 amide bonds. The van der Waals surface area contributed by atoms with Crippen LogP contribution >= 0.6 is 0 Å². The molecule has 3 aromatic rings. The molecule has 0 aliphatic carbocycles. The van der Waals surface area contributed by atoms with Crippen LogP contribution in [0.3, 0.4) is 0 Å². The predicted octanol–water partition coefficient (Wildman–Crippen LogP) is 3.49. The first-order valence-electron chi connectivity index (χ1n) is 8.75. The number of hydrogen-bond donors (Lipinski definition) is 1. The molecular weight excluding hydrogens is 338 g/mol. The van der Waals surface area contributed by atoms with Crippen LogP contribution in [0.5, 0.6) is 5.75 Å². The van der Waals surface area contributed by atoms with Crippen molar-refractivity contribution in [3.8, 4) is 16.9 Å². The van der Waals surface area contributed by atoms with E-state index in [4.69, 9.17) is 10.5 Å². The van der Waals surface area contributed by atoms with Crippen LogP contribution in [0.4, 0.5) is 0 Å². The molecule has 138 valence electrons. The SMILES string of the molecule is COc1ccccc1CN(C)C(=O)c1ncccc1-c1cccc(CN)c1. The quantitative estimate of drug-likeness (QED) is 0.730. The monoisotopic (exact) mass is 361 g/mol. The topological polar surface area (TPSA) is 68.5 Å². The van der Waals surface area contributed by atoms with Gasteiger partial charge in [-0.3, -0.25) is 9.78 Å². The molecule has 2 aromatic carbocycles. The second kappa shape index (κ2) is 8.47. The number of benzene rings is 2. The summed E-state index contributed by atoms with van der Waals surface area (Å²) < 4.78 is 5.38. The van der Waals surface area contributed by atoms with Crippen LogP contribution < -0.4 is 10.5 Å². The summed E-state index contributed by atoms with van der Waals surface area (Å²) in [5.41, 5.74) is 9.85. The number of carbonyl (C=O) groups excluding carboxylic acids is 1. The van der Waals surface area contributed by atoms with Gasteiger partial charge in [0.05, 0.1) is 7.11 Å². The van der Waals surface area contributed by atoms with Crippen molar-refractivity contribution in [2.45, 2.75) is 13.1 Å². The van der Waals surface area contributed by atoms with E-state index in [2.05, 4.69) is 4.98 Å². The maximum atomic E-state index is 13.1. The molecule has 5 heteroatoms. The molecule has 0 radical (unpaired) electrons. The van der Waals surface area contributed by atoms with Crippen molar-refractivity contribution in [1.82, 2.24) is 9.88 Å². The number of rotatable bonds is 6. The molecule has 3 rings (SSSR count). The summed E-state index contributed by atoms with van der Waals surface area (Å²) >= 11 is 0. The van der Waals surface area contributed by atoms with Gasteiger partial charge in [-0.25, -0.2) is 0 Å². The molecule has 0 unspecified atom stereocenters. The molecule has 0 bridgehead atoms. The normalized spacial score (nSPS) is 10.5. The summed E-state index contributed by atoms with van der Waals surface area (Å²) in [5.74, 6) is 0.615. The molecule has 0 aliphatic heterocycles. The minimum absolute atomic E-state index is 0.144. The van der Waals surface area contributed by atoms with Gasteiger partial charge in [0.15, 0.2) is 0 Å². The summed E-state index contributed by atoms with van der Waals surface area (Å²) in [6, 6.07) is 19.3. The van der Waals surface area contributed by atoms with Gasteiger partial charge in [0.25, 0.3) is 5.91 Å². The molecule has 0 fully saturated rings. The highest BCUT2D eigenvalue weighted by Gasteiger charge is 2.19. The van der Waals surface area contributed by atoms with Gasteiger partial charge in [0, 0.05) is 37.5 Å². The zero-order chi connectivity index (χ0) is 19.2. The molecule has 0 spiro atoms. The van der Waals surface area contributed by atoms with Gasteiger partial charge in [-0.1, -0.05) is 42.5 Å². The van der Waals surface area contributed by atoms with E-state index in [1.54, 1.807) is 25.3 Å². The fourth-order valence-electron chi connectivity index (χ4n) is 3.02. The number of para-hydroxylation sites is 1. The number of carbonyl (C=O) groups is 1. The predicted molar refractivity (Wildman–Crippen MR) is 106 cm³/mol. The van der Waals surface area contributed by atoms with E-state index < -0.39 is 0 Å². The summed E-state index contributed by atoms with van der Waals surface area (Å²) in [5, 5.41) is 0. The lowest BCUT2D eigenvalue weighted by Gasteiger charge is -2.20. The van der Waals surface area contributed by atoms with Gasteiger partial charge in [0.1, 0.15) is 11.4 Å². The largest absolute Gasteiger partial charge is 0.496 e. The Morgan fingerprint density at radius 1 is 1.11 bits per heavy atom. The molecule has 1 heterocycles. The molecule has 0 saturated heterocycles. The maximum Gasteiger partial charge on any atom is 0.273 e. The zero-order valence-electron chi connectivity index (χ0n) is 15.6. The first-order valence-corrected chi connectivity index (χ1v) is 8.75. The second-order valence-electron chi connectivity index (χ2n) is 6.28. The number of methoxy groups -OCH3 is 1. The number of nitrogens with zero attached hydrogens (tertiary/aromatic N) is 2. The number of pyridine rings is 1. The van der Waals surface area contributed by atoms with Crippen LogP contribution in [0, 0.1) is 0 Å². The van der Waals surface area contributed by atoms with Gasteiger partial charge < -0.3 is 15.4 Å². The third kappa shape index (κ3) is 4.15. The number of nitrogens with two attached hydrogens (primary N) is 1. The summed E-state index contributed by atoms with van der Waals surface area (Å²) in [6.45, 7) is 0.882. The number of aromatic nitrogens is 1. The molecule has 0 atom stereocenters. The van der Waals surface area contributed by atoms with E-state index in [-0.39, 0.29) is 5.91 Å². The summed E-state index contributed by atoms with van der Waals surface area (Å²) in [7, 11) is 3.39. The van der Waals surface area contributed by atoms with Crippen LogP contribution in [0.25, 0.3) is 11.1 Å². The molecule has 0 saturated carbocycles. The van der Waals surface area contributed by atoms with Crippen LogP contribution in [0.2, 0.25) is 0 Å². The molecule has 1 aromatic heterocycles. The Labute approximate surface area is 159 Å². The average Bonchev–Trinajstić information content (AvgIpc) is 2.73. The highest BCUT2D eigenvalue weighted by atomic mass is 16.5. The van der Waals surface area contributed by atoms with E-state index in [0.717, 1.165) is 28.0 Å². The Balaban J connectivity index is 1.91. The van der Waals surface area contributed by atoms with Crippen molar-refractivity contribution < 1.29 is 9.53 Å². The summed E-state index contributed by atoms with van der Waals surface area (Å²) in [4.78, 5) is 19.1. The first kappa shape index (κ1) is 18.6. The van der Waals surface area contributed by atoms with Crippen molar-refractivity contribution in [3.05, 3.63) is 83.7 Å². The van der Waals surface area contributed by atoms with E-state index in [1.165, 1.54) is 0 Å². The van der Waals surface area contributed by atoms with Crippen molar-refractivity contribution in [2.24, 2.45) is 5.73 Å². The highest BCUT2D eigenvalue weighted by molar-refractivity contribution is 5.98. The van der Waals surface area contributed by atoms with Crippen LogP contribution in [0.1, 0.15) is 21.6 Å². The van der Waals surface area contributed by atoms with E-state index >= 15 is 0 Å². The first-order chi connectivity index (χ1) is 13.1. The number of amides is 1. The Morgan fingerprint density at radius 3 is 2.70 bits per heavy atom. The van der Waals surface area contributed by atoms with Crippen molar-refractivity contribution >= 4 is 5.91 Å². The van der Waals surface area contributed by atoms with Gasteiger partial charge in [0.2, 0.25) is 0 Å². The lowest BCUT2D eigenvalue weighted by atomic mass is 10.0. The molecule has 27 heavy (non-hydrogen) atoms. The van der Waals surface area contributed by atoms with Crippen LogP contribution in [0.15, 0.2) is 66.9 Å². The van der Waals surface area contributed by atoms with E-state index in [9.17, 15) is 4.79 Å². The number of hydrogen-bond acceptors (Lipinski definition) is 4. The Morgan fingerprint density at radius 2 is 1.93 bits per heavy atom. The lowest BCUT2D eigenvalue weighted by molar-refractivity contribution is 0.0779. The third-order valence-electron chi connectivity index (χ3n) is 4.43. The maximum absolute atomic E-state index is 13.1. The van der Waals surface area contributed by atoms with E-state index in [1.807, 2.05) is 60.7 Å². The fraction of sp³-hybridized carbons (Fsp3) is 0.182. The Kier molecular flexibility index (Phi) is 5.84. The average molecular weight is 361 g/mol. The van der Waals surface area contributed by atoms with E-state index in [0.29, 0.717) is 18.8 Å². The van der Waals surface area contributed by atoms with Gasteiger partial charge in [-0.05, 0) is 29.3 Å². The van der Waals surface area contributed by atoms with Gasteiger partial charge in [-0.2, -0.15) is 0 Å². The minimum atomic E-state index is -0.144. The van der Waals surface area contributed by atoms with Gasteiger partial charge in [-0.15, -0.1) is 0 Å². The van der Waals surface area contributed by atoms with Crippen molar-refractivity contribution in [2.75, 3.05) is 14.2 Å². The smallest absolute Gasteiger partial charge is 0.273 e. The molecule has 5 nitrogen and oxygen atoms in total. The van der Waals surface area contributed by atoms with Gasteiger partial charge >= 0.3 is 0 Å². The zero-order valence-corrected chi connectivity index (χ0v) is 15.6. The molecular formula is C22H23N3O2. The highest BCUT2D eigenvalue weighted by Crippen LogP contribution is 2.25. The minimum Gasteiger partial charge on any atom is -0.496 e. The lowest BCUT2D eigenvalue weighted by Crippen LogP contribution is -2.27. The molecule has 0 aliphatic rings. The Bertz CT molecular complexity index is 940. The number of ether oxygens (including phenoxy) is 1.